The van der Waals surface area contributed by atoms with E-state index >= 15 is 0 Å². The van der Waals surface area contributed by atoms with E-state index in [2.05, 4.69) is 11.7 Å². The third-order valence-corrected chi connectivity index (χ3v) is 6.95. The molecule has 2 amide bonds. The maximum Gasteiger partial charge on any atom is 0.435 e. The maximum absolute atomic E-state index is 13.2. The summed E-state index contributed by atoms with van der Waals surface area (Å²) in [4.78, 5) is 40.1. The quantitative estimate of drug-likeness (QED) is 0.235. The Balaban J connectivity index is 1.71. The van der Waals surface area contributed by atoms with Crippen molar-refractivity contribution >= 4 is 34.5 Å². The van der Waals surface area contributed by atoms with Crippen LogP contribution in [0.15, 0.2) is 60.7 Å². The van der Waals surface area contributed by atoms with E-state index in [0.29, 0.717) is 46.5 Å². The number of ether oxygens (including phenoxy) is 2. The minimum Gasteiger partial charge on any atom is -0.496 e. The fourth-order valence-electron chi connectivity index (χ4n) is 5.21. The van der Waals surface area contributed by atoms with Crippen molar-refractivity contribution in [2.24, 2.45) is 5.73 Å². The first-order chi connectivity index (χ1) is 19.8. The zero-order valence-electron chi connectivity index (χ0n) is 24.3. The number of fused-ring (bicyclic) bond motifs is 2. The van der Waals surface area contributed by atoms with Crippen LogP contribution in [-0.4, -0.2) is 51.8 Å². The van der Waals surface area contributed by atoms with E-state index < -0.39 is 17.6 Å². The van der Waals surface area contributed by atoms with Crippen LogP contribution >= 0.6 is 0 Å². The first kappa shape index (κ1) is 28.4. The molecule has 0 fully saturated rings. The average molecular weight is 568 g/mol. The second-order valence-electron chi connectivity index (χ2n) is 11.4. The Kier molecular flexibility index (Phi) is 7.01. The summed E-state index contributed by atoms with van der Waals surface area (Å²) < 4.78 is 12.3. The first-order valence-electron chi connectivity index (χ1n) is 13.4. The molecule has 0 radical (unpaired) electrons. The Morgan fingerprint density at radius 2 is 1.79 bits per heavy atom. The van der Waals surface area contributed by atoms with Crippen molar-refractivity contribution < 1.29 is 23.9 Å². The number of anilines is 1. The molecule has 1 aromatic heterocycles. The van der Waals surface area contributed by atoms with Gasteiger partial charge in [0.15, 0.2) is 0 Å². The number of nitrogen functional groups attached to an aromatic ring is 1. The summed E-state index contributed by atoms with van der Waals surface area (Å²) in [5.41, 5.74) is 17.1. The number of rotatable bonds is 6. The van der Waals surface area contributed by atoms with Crippen molar-refractivity contribution in [1.82, 2.24) is 14.7 Å². The van der Waals surface area contributed by atoms with Crippen LogP contribution in [0.3, 0.4) is 0 Å². The molecular weight excluding hydrogens is 534 g/mol. The zero-order valence-corrected chi connectivity index (χ0v) is 24.3. The molecule has 4 N–H and O–H groups in total. The van der Waals surface area contributed by atoms with Gasteiger partial charge in [0.1, 0.15) is 17.0 Å². The zero-order chi connectivity index (χ0) is 30.5. The summed E-state index contributed by atoms with van der Waals surface area (Å²) in [6.45, 7) is 12.0. The summed E-state index contributed by atoms with van der Waals surface area (Å²) in [5.74, 6) is -0.477. The second kappa shape index (κ2) is 10.4. The Morgan fingerprint density at radius 1 is 1.07 bits per heavy atom. The SMILES string of the molecule is C=C(C)CN1Cc2c(-c3ccc4c(c3)c(-c3ccc(C(N)=O)c(OC)c3)nn4C(=O)OC(C)(C)C)ccc(N)c2C1=O. The van der Waals surface area contributed by atoms with Crippen LogP contribution in [0.4, 0.5) is 10.5 Å². The van der Waals surface area contributed by atoms with Gasteiger partial charge in [0.2, 0.25) is 0 Å². The monoisotopic (exact) mass is 567 g/mol. The molecule has 10 heteroatoms. The third-order valence-electron chi connectivity index (χ3n) is 6.95. The van der Waals surface area contributed by atoms with Gasteiger partial charge in [-0.3, -0.25) is 9.59 Å². The molecule has 216 valence electrons. The third kappa shape index (κ3) is 5.07. The number of benzene rings is 3. The topological polar surface area (TPSA) is 143 Å². The molecule has 0 saturated heterocycles. The summed E-state index contributed by atoms with van der Waals surface area (Å²) in [6, 6.07) is 14.1. The van der Waals surface area contributed by atoms with Gasteiger partial charge in [-0.1, -0.05) is 30.4 Å². The van der Waals surface area contributed by atoms with E-state index in [1.165, 1.54) is 11.8 Å². The number of primary amides is 1. The summed E-state index contributed by atoms with van der Waals surface area (Å²) in [6.07, 6.45) is -0.637. The van der Waals surface area contributed by atoms with Gasteiger partial charge in [-0.2, -0.15) is 9.78 Å². The molecule has 1 aliphatic heterocycles. The van der Waals surface area contributed by atoms with Gasteiger partial charge >= 0.3 is 6.09 Å². The van der Waals surface area contributed by atoms with Gasteiger partial charge < -0.3 is 25.8 Å². The number of aromatic nitrogens is 2. The van der Waals surface area contributed by atoms with Crippen molar-refractivity contribution in [3.63, 3.8) is 0 Å². The Bertz CT molecular complexity index is 1800. The fraction of sp³-hybridized carbons (Fsp3) is 0.250. The number of nitrogens with two attached hydrogens (primary N) is 2. The molecule has 2 heterocycles. The van der Waals surface area contributed by atoms with Crippen molar-refractivity contribution in [2.45, 2.75) is 39.8 Å². The number of carbonyl (C=O) groups excluding carboxylic acids is 3. The highest BCUT2D eigenvalue weighted by atomic mass is 16.6. The van der Waals surface area contributed by atoms with Crippen LogP contribution < -0.4 is 16.2 Å². The molecular formula is C32H33N5O5. The standard InChI is InChI=1S/C32H33N5O5/c1-17(2)15-36-16-23-20(10-11-24(33)27(23)30(36)39)18-8-12-25-22(13-18)28(35-37(25)31(40)42-32(3,4)5)19-7-9-21(29(34)38)26(14-19)41-6/h7-14H,1,15-16,33H2,2-6H3,(H2,34,38). The molecule has 0 spiro atoms. The van der Waals surface area contributed by atoms with Crippen LogP contribution in [0.5, 0.6) is 5.75 Å². The van der Waals surface area contributed by atoms with E-state index in [-0.39, 0.29) is 17.2 Å². The minimum atomic E-state index is -0.742. The van der Waals surface area contributed by atoms with Gasteiger partial charge in [0.25, 0.3) is 11.8 Å². The van der Waals surface area contributed by atoms with Crippen LogP contribution in [0, 0.1) is 0 Å². The number of amides is 2. The molecule has 0 atom stereocenters. The number of hydrogen-bond donors (Lipinski definition) is 2. The normalized spacial score (nSPS) is 12.9. The van der Waals surface area contributed by atoms with Crippen LogP contribution in [0.2, 0.25) is 0 Å². The predicted octanol–water partition coefficient (Wildman–Crippen LogP) is 5.38. The number of hydrogen-bond acceptors (Lipinski definition) is 7. The fourth-order valence-corrected chi connectivity index (χ4v) is 5.21. The van der Waals surface area contributed by atoms with E-state index in [9.17, 15) is 14.4 Å². The van der Waals surface area contributed by atoms with Crippen LogP contribution in [0.1, 0.15) is 54.0 Å². The molecule has 0 aliphatic carbocycles. The predicted molar refractivity (Wildman–Crippen MR) is 161 cm³/mol. The van der Waals surface area contributed by atoms with Crippen LogP contribution in [-0.2, 0) is 11.3 Å². The van der Waals surface area contributed by atoms with Crippen molar-refractivity contribution in [3.8, 4) is 28.1 Å². The molecule has 0 saturated carbocycles. The minimum absolute atomic E-state index is 0.131. The number of methoxy groups -OCH3 is 1. The second-order valence-corrected chi connectivity index (χ2v) is 11.4. The summed E-state index contributed by atoms with van der Waals surface area (Å²) in [7, 11) is 1.45. The van der Waals surface area contributed by atoms with E-state index in [4.69, 9.17) is 20.9 Å². The molecule has 42 heavy (non-hydrogen) atoms. The Labute approximate surface area is 243 Å². The van der Waals surface area contributed by atoms with Crippen LogP contribution in [0.25, 0.3) is 33.3 Å². The Morgan fingerprint density at radius 3 is 2.43 bits per heavy atom. The van der Waals surface area contributed by atoms with Crippen molar-refractivity contribution in [2.75, 3.05) is 19.4 Å². The highest BCUT2D eigenvalue weighted by Crippen LogP contribution is 2.39. The van der Waals surface area contributed by atoms with Gasteiger partial charge in [0.05, 0.1) is 23.8 Å². The van der Waals surface area contributed by atoms with Gasteiger partial charge in [-0.25, -0.2) is 4.79 Å². The average Bonchev–Trinajstić information content (AvgIpc) is 3.45. The van der Waals surface area contributed by atoms with Crippen molar-refractivity contribution in [1.29, 1.82) is 0 Å². The van der Waals surface area contributed by atoms with Gasteiger partial charge in [0, 0.05) is 29.7 Å². The molecule has 3 aromatic carbocycles. The molecule has 0 unspecified atom stereocenters. The molecule has 0 bridgehead atoms. The maximum atomic E-state index is 13.2. The molecule has 10 nitrogen and oxygen atoms in total. The van der Waals surface area contributed by atoms with Gasteiger partial charge in [-0.05, 0) is 74.7 Å². The van der Waals surface area contributed by atoms with E-state index in [0.717, 1.165) is 22.3 Å². The largest absolute Gasteiger partial charge is 0.496 e. The van der Waals surface area contributed by atoms with E-state index in [1.807, 2.05) is 25.1 Å². The molecule has 5 rings (SSSR count). The molecule has 4 aromatic rings. The van der Waals surface area contributed by atoms with Gasteiger partial charge in [-0.15, -0.1) is 0 Å². The summed E-state index contributed by atoms with van der Waals surface area (Å²) >= 11 is 0. The summed E-state index contributed by atoms with van der Waals surface area (Å²) in [5, 5.41) is 5.30. The highest BCUT2D eigenvalue weighted by Gasteiger charge is 2.32. The lowest BCUT2D eigenvalue weighted by Gasteiger charge is -2.19. The highest BCUT2D eigenvalue weighted by molar-refractivity contribution is 6.06. The lowest BCUT2D eigenvalue weighted by Crippen LogP contribution is -2.27. The lowest BCUT2D eigenvalue weighted by atomic mass is 9.94. The van der Waals surface area contributed by atoms with E-state index in [1.54, 1.807) is 56.0 Å². The number of carbonyl (C=O) groups is 3. The first-order valence-corrected chi connectivity index (χ1v) is 13.4. The van der Waals surface area contributed by atoms with Crippen molar-refractivity contribution in [3.05, 3.63) is 77.4 Å². The number of nitrogens with zero attached hydrogens (tertiary/aromatic N) is 3. The molecule has 1 aliphatic rings. The smallest absolute Gasteiger partial charge is 0.435 e. The lowest BCUT2D eigenvalue weighted by molar-refractivity contribution is 0.0522. The Hall–Kier alpha value is -5.12.